The molecule has 1 aliphatic rings. The highest BCUT2D eigenvalue weighted by atomic mass is 19.1. The first-order chi connectivity index (χ1) is 11.0. The molecule has 7 heteroatoms. The second-order valence-corrected chi connectivity index (χ2v) is 5.58. The summed E-state index contributed by atoms with van der Waals surface area (Å²) in [5, 5.41) is 2.98. The summed E-state index contributed by atoms with van der Waals surface area (Å²) in [5.41, 5.74) is 5.55. The van der Waals surface area contributed by atoms with Crippen molar-refractivity contribution in [3.63, 3.8) is 0 Å². The lowest BCUT2D eigenvalue weighted by molar-refractivity contribution is -0.132. The molecule has 1 heterocycles. The first-order valence-electron chi connectivity index (χ1n) is 7.62. The van der Waals surface area contributed by atoms with Crippen LogP contribution in [-0.2, 0) is 4.79 Å². The number of benzene rings is 1. The lowest BCUT2D eigenvalue weighted by Gasteiger charge is -2.24. The number of primary amides is 1. The molecule has 3 N–H and O–H groups in total. The van der Waals surface area contributed by atoms with Gasteiger partial charge in [-0.3, -0.25) is 9.59 Å². The molecule has 0 aromatic heterocycles. The lowest BCUT2D eigenvalue weighted by atomic mass is 10.2. The highest BCUT2D eigenvalue weighted by Gasteiger charge is 2.34. The van der Waals surface area contributed by atoms with Crippen molar-refractivity contribution in [2.24, 2.45) is 5.73 Å². The smallest absolute Gasteiger partial charge is 0.248 e. The predicted molar refractivity (Wildman–Crippen MR) is 84.0 cm³/mol. The SMILES string of the molecule is CNC[C@@H]1C[C@H](F)CN1C(=O)CCOc1ccc(C(N)=O)cc1. The summed E-state index contributed by atoms with van der Waals surface area (Å²) in [5.74, 6) is -0.0596. The van der Waals surface area contributed by atoms with E-state index < -0.39 is 12.1 Å². The molecule has 1 saturated heterocycles. The number of likely N-dealkylation sites (tertiary alicyclic amines) is 1. The number of halogens is 1. The quantitative estimate of drug-likeness (QED) is 0.774. The van der Waals surface area contributed by atoms with Gasteiger partial charge in [0.2, 0.25) is 11.8 Å². The zero-order valence-corrected chi connectivity index (χ0v) is 13.1. The molecular formula is C16H22FN3O3. The number of ether oxygens (including phenoxy) is 1. The van der Waals surface area contributed by atoms with Crippen LogP contribution in [0.5, 0.6) is 5.75 Å². The lowest BCUT2D eigenvalue weighted by Crippen LogP contribution is -2.41. The molecule has 0 radical (unpaired) electrons. The van der Waals surface area contributed by atoms with E-state index in [-0.39, 0.29) is 31.5 Å². The van der Waals surface area contributed by atoms with Crippen molar-refractivity contribution >= 4 is 11.8 Å². The Labute approximate surface area is 134 Å². The third-order valence-electron chi connectivity index (χ3n) is 3.85. The number of nitrogens with two attached hydrogens (primary N) is 1. The largest absolute Gasteiger partial charge is 0.493 e. The molecule has 0 aliphatic carbocycles. The molecule has 126 valence electrons. The first-order valence-corrected chi connectivity index (χ1v) is 7.62. The summed E-state index contributed by atoms with van der Waals surface area (Å²) in [6, 6.07) is 6.29. The minimum atomic E-state index is -0.959. The van der Waals surface area contributed by atoms with Gasteiger partial charge in [0.25, 0.3) is 0 Å². The van der Waals surface area contributed by atoms with Crippen LogP contribution in [0.15, 0.2) is 24.3 Å². The summed E-state index contributed by atoms with van der Waals surface area (Å²) in [6.45, 7) is 0.939. The first kappa shape index (κ1) is 17.2. The van der Waals surface area contributed by atoms with Gasteiger partial charge < -0.3 is 20.7 Å². The van der Waals surface area contributed by atoms with E-state index in [1.807, 2.05) is 0 Å². The maximum atomic E-state index is 13.5. The van der Waals surface area contributed by atoms with E-state index in [1.54, 1.807) is 36.2 Å². The Bertz CT molecular complexity index is 550. The molecule has 1 fully saturated rings. The van der Waals surface area contributed by atoms with Gasteiger partial charge in [0.05, 0.1) is 19.6 Å². The van der Waals surface area contributed by atoms with Gasteiger partial charge in [-0.1, -0.05) is 0 Å². The van der Waals surface area contributed by atoms with Gasteiger partial charge in [-0.05, 0) is 31.3 Å². The van der Waals surface area contributed by atoms with Gasteiger partial charge in [-0.15, -0.1) is 0 Å². The monoisotopic (exact) mass is 323 g/mol. The number of alkyl halides is 1. The van der Waals surface area contributed by atoms with E-state index in [0.29, 0.717) is 24.3 Å². The molecule has 6 nitrogen and oxygen atoms in total. The number of carbonyl (C=O) groups is 2. The van der Waals surface area contributed by atoms with Crippen LogP contribution in [0.25, 0.3) is 0 Å². The van der Waals surface area contributed by atoms with Crippen LogP contribution in [0.1, 0.15) is 23.2 Å². The average molecular weight is 323 g/mol. The van der Waals surface area contributed by atoms with Gasteiger partial charge in [0.15, 0.2) is 0 Å². The van der Waals surface area contributed by atoms with Crippen molar-refractivity contribution in [2.75, 3.05) is 26.7 Å². The van der Waals surface area contributed by atoms with Crippen LogP contribution >= 0.6 is 0 Å². The third-order valence-corrected chi connectivity index (χ3v) is 3.85. The molecule has 0 unspecified atom stereocenters. The minimum absolute atomic E-state index is 0.0997. The Balaban J connectivity index is 1.81. The van der Waals surface area contributed by atoms with E-state index in [0.717, 1.165) is 0 Å². The van der Waals surface area contributed by atoms with Crippen LogP contribution < -0.4 is 15.8 Å². The van der Waals surface area contributed by atoms with Crippen molar-refractivity contribution in [1.82, 2.24) is 10.2 Å². The number of nitrogens with one attached hydrogen (secondary N) is 1. The van der Waals surface area contributed by atoms with Crippen molar-refractivity contribution in [2.45, 2.75) is 25.1 Å². The summed E-state index contributed by atoms with van der Waals surface area (Å²) in [7, 11) is 1.78. The maximum Gasteiger partial charge on any atom is 0.248 e. The molecule has 1 aromatic rings. The number of hydrogen-bond donors (Lipinski definition) is 2. The van der Waals surface area contributed by atoms with E-state index in [1.165, 1.54) is 0 Å². The standard InChI is InChI=1S/C16H22FN3O3/c1-19-9-13-8-12(17)10-20(13)15(21)6-7-23-14-4-2-11(3-5-14)16(18)22/h2-5,12-13,19H,6-10H2,1H3,(H2,18,22)/t12-,13-/m0/s1. The van der Waals surface area contributed by atoms with Crippen LogP contribution in [-0.4, -0.2) is 55.7 Å². The topological polar surface area (TPSA) is 84.7 Å². The molecule has 0 spiro atoms. The highest BCUT2D eigenvalue weighted by Crippen LogP contribution is 2.21. The molecular weight excluding hydrogens is 301 g/mol. The molecule has 0 saturated carbocycles. The third kappa shape index (κ3) is 4.66. The van der Waals surface area contributed by atoms with Gasteiger partial charge in [0.1, 0.15) is 11.9 Å². The Morgan fingerprint density at radius 3 is 2.70 bits per heavy atom. The van der Waals surface area contributed by atoms with Crippen LogP contribution in [0.3, 0.4) is 0 Å². The minimum Gasteiger partial charge on any atom is -0.493 e. The van der Waals surface area contributed by atoms with Crippen LogP contribution in [0.4, 0.5) is 4.39 Å². The zero-order valence-electron chi connectivity index (χ0n) is 13.1. The molecule has 1 aliphatic heterocycles. The summed E-state index contributed by atoms with van der Waals surface area (Å²) in [4.78, 5) is 24.8. The second kappa shape index (κ2) is 7.92. The molecule has 2 rings (SSSR count). The second-order valence-electron chi connectivity index (χ2n) is 5.58. The number of hydrogen-bond acceptors (Lipinski definition) is 4. The zero-order chi connectivity index (χ0) is 16.8. The van der Waals surface area contributed by atoms with Gasteiger partial charge in [0, 0.05) is 24.6 Å². The Kier molecular flexibility index (Phi) is 5.92. The Morgan fingerprint density at radius 2 is 2.09 bits per heavy atom. The molecule has 23 heavy (non-hydrogen) atoms. The van der Waals surface area contributed by atoms with E-state index >= 15 is 0 Å². The molecule has 1 aromatic carbocycles. The van der Waals surface area contributed by atoms with Crippen LogP contribution in [0, 0.1) is 0 Å². The molecule has 2 amide bonds. The predicted octanol–water partition coefficient (Wildman–Crippen LogP) is 0.713. The van der Waals surface area contributed by atoms with Crippen molar-refractivity contribution in [3.05, 3.63) is 29.8 Å². The van der Waals surface area contributed by atoms with E-state index in [2.05, 4.69) is 5.32 Å². The normalized spacial score (nSPS) is 20.5. The maximum absolute atomic E-state index is 13.5. The van der Waals surface area contributed by atoms with Crippen molar-refractivity contribution < 1.29 is 18.7 Å². The van der Waals surface area contributed by atoms with E-state index in [4.69, 9.17) is 10.5 Å². The number of likely N-dealkylation sites (N-methyl/N-ethyl adjacent to an activating group) is 1. The van der Waals surface area contributed by atoms with E-state index in [9.17, 15) is 14.0 Å². The summed E-state index contributed by atoms with van der Waals surface area (Å²) < 4.78 is 19.0. The van der Waals surface area contributed by atoms with Crippen molar-refractivity contribution in [3.8, 4) is 5.75 Å². The number of nitrogens with zero attached hydrogens (tertiary/aromatic N) is 1. The number of carbonyl (C=O) groups excluding carboxylic acids is 2. The van der Waals surface area contributed by atoms with Gasteiger partial charge in [-0.25, -0.2) is 4.39 Å². The fourth-order valence-corrected chi connectivity index (χ4v) is 2.71. The Hall–Kier alpha value is -2.15. The summed E-state index contributed by atoms with van der Waals surface area (Å²) >= 11 is 0. The molecule has 0 bridgehead atoms. The average Bonchev–Trinajstić information content (AvgIpc) is 2.89. The number of rotatable bonds is 7. The summed E-state index contributed by atoms with van der Waals surface area (Å²) in [6.07, 6.45) is -0.397. The highest BCUT2D eigenvalue weighted by molar-refractivity contribution is 5.92. The van der Waals surface area contributed by atoms with Gasteiger partial charge in [-0.2, -0.15) is 0 Å². The Morgan fingerprint density at radius 1 is 1.39 bits per heavy atom. The number of amides is 2. The van der Waals surface area contributed by atoms with Crippen LogP contribution in [0.2, 0.25) is 0 Å². The van der Waals surface area contributed by atoms with Gasteiger partial charge >= 0.3 is 0 Å². The fourth-order valence-electron chi connectivity index (χ4n) is 2.71. The fraction of sp³-hybridized carbons (Fsp3) is 0.500. The van der Waals surface area contributed by atoms with Crippen molar-refractivity contribution in [1.29, 1.82) is 0 Å². The molecule has 2 atom stereocenters.